The predicted octanol–water partition coefficient (Wildman–Crippen LogP) is 6.45. The minimum absolute atomic E-state index is 0.403. The third-order valence-electron chi connectivity index (χ3n) is 4.88. The number of halogens is 1. The Hall–Kier alpha value is -3.28. The van der Waals surface area contributed by atoms with Gasteiger partial charge in [0.2, 0.25) is 4.77 Å². The van der Waals surface area contributed by atoms with E-state index in [0.29, 0.717) is 15.6 Å². The number of H-pyrrole nitrogens is 1. The quantitative estimate of drug-likeness (QED) is 0.209. The minimum Gasteiger partial charge on any atom is -0.250 e. The smallest absolute Gasteiger partial charge is 0.216 e. The molecule has 0 spiro atoms. The summed E-state index contributed by atoms with van der Waals surface area (Å²) in [4.78, 5) is 0. The average molecular weight is 415 g/mol. The molecule has 4 aromatic carbocycles. The lowest BCUT2D eigenvalue weighted by atomic mass is 9.97. The van der Waals surface area contributed by atoms with Crippen LogP contribution in [0, 0.1) is 4.77 Å². The molecule has 29 heavy (non-hydrogen) atoms. The van der Waals surface area contributed by atoms with Crippen LogP contribution in [0.1, 0.15) is 5.56 Å². The molecule has 1 heterocycles. The summed E-state index contributed by atoms with van der Waals surface area (Å²) < 4.78 is 2.01. The van der Waals surface area contributed by atoms with Gasteiger partial charge in [0, 0.05) is 11.1 Å². The van der Waals surface area contributed by atoms with Gasteiger partial charge in [-0.2, -0.15) is 14.9 Å². The molecule has 0 aliphatic carbocycles. The summed E-state index contributed by atoms with van der Waals surface area (Å²) >= 11 is 11.8. The Morgan fingerprint density at radius 2 is 1.52 bits per heavy atom. The first kappa shape index (κ1) is 17.8. The summed E-state index contributed by atoms with van der Waals surface area (Å²) in [6.07, 6.45) is 1.84. The molecule has 0 saturated heterocycles. The molecule has 0 radical (unpaired) electrons. The highest BCUT2D eigenvalue weighted by Gasteiger charge is 2.12. The standard InChI is InChI=1S/C23H15ClN4S/c24-21-12-6-5-11-19(21)22-26-27-23(29)28(22)25-14-20-17-9-3-1-7-15(17)13-16-8-2-4-10-18(16)20/h1-14H,(H,27,29)/b25-14+. The van der Waals surface area contributed by atoms with Gasteiger partial charge in [-0.3, -0.25) is 0 Å². The Kier molecular flexibility index (Phi) is 4.46. The summed E-state index contributed by atoms with van der Waals surface area (Å²) in [5.74, 6) is 0.571. The zero-order valence-corrected chi connectivity index (χ0v) is 16.8. The second-order valence-corrected chi connectivity index (χ2v) is 7.41. The zero-order chi connectivity index (χ0) is 19.8. The first-order chi connectivity index (χ1) is 14.2. The van der Waals surface area contributed by atoms with E-state index in [-0.39, 0.29) is 0 Å². The van der Waals surface area contributed by atoms with E-state index in [0.717, 1.165) is 32.7 Å². The summed E-state index contributed by atoms with van der Waals surface area (Å²) in [6, 6.07) is 26.3. The number of aromatic nitrogens is 3. The van der Waals surface area contributed by atoms with Crippen LogP contribution in [0.5, 0.6) is 0 Å². The Morgan fingerprint density at radius 3 is 2.21 bits per heavy atom. The van der Waals surface area contributed by atoms with Crippen molar-refractivity contribution in [3.8, 4) is 11.4 Å². The fraction of sp³-hybridized carbons (Fsp3) is 0. The highest BCUT2D eigenvalue weighted by molar-refractivity contribution is 7.71. The summed E-state index contributed by atoms with van der Waals surface area (Å²) in [5.41, 5.74) is 1.80. The number of benzene rings is 4. The van der Waals surface area contributed by atoms with Crippen LogP contribution in [0.25, 0.3) is 32.9 Å². The lowest BCUT2D eigenvalue weighted by molar-refractivity contribution is 0.872. The lowest BCUT2D eigenvalue weighted by Gasteiger charge is -2.08. The molecule has 0 aliphatic heterocycles. The Balaban J connectivity index is 1.73. The Bertz CT molecular complexity index is 1390. The molecule has 5 rings (SSSR count). The van der Waals surface area contributed by atoms with Crippen LogP contribution in [0.15, 0.2) is 84.0 Å². The molecular weight excluding hydrogens is 400 g/mol. The van der Waals surface area contributed by atoms with E-state index in [1.807, 2.05) is 54.7 Å². The molecule has 0 amide bonds. The molecule has 0 bridgehead atoms. The molecule has 0 unspecified atom stereocenters. The van der Waals surface area contributed by atoms with Gasteiger partial charge in [0.25, 0.3) is 0 Å². The van der Waals surface area contributed by atoms with Crippen LogP contribution in [0.4, 0.5) is 0 Å². The van der Waals surface area contributed by atoms with Crippen LogP contribution in [0.3, 0.4) is 0 Å². The van der Waals surface area contributed by atoms with E-state index in [1.165, 1.54) is 0 Å². The molecule has 0 saturated carbocycles. The predicted molar refractivity (Wildman–Crippen MR) is 122 cm³/mol. The van der Waals surface area contributed by atoms with Crippen molar-refractivity contribution in [3.05, 3.63) is 94.2 Å². The maximum atomic E-state index is 6.36. The normalized spacial score (nSPS) is 11.6. The number of nitrogens with zero attached hydrogens (tertiary/aromatic N) is 3. The first-order valence-electron chi connectivity index (χ1n) is 9.09. The van der Waals surface area contributed by atoms with Crippen molar-refractivity contribution in [1.82, 2.24) is 14.9 Å². The molecule has 0 aliphatic rings. The SMILES string of the molecule is S=c1[nH]nc(-c2ccccc2Cl)n1/N=C/c1c2ccccc2cc2ccccc12. The van der Waals surface area contributed by atoms with E-state index in [1.54, 1.807) is 4.68 Å². The molecule has 0 atom stereocenters. The van der Waals surface area contributed by atoms with Crippen molar-refractivity contribution in [3.63, 3.8) is 0 Å². The third-order valence-corrected chi connectivity index (χ3v) is 5.47. The van der Waals surface area contributed by atoms with Gasteiger partial charge in [-0.1, -0.05) is 72.3 Å². The van der Waals surface area contributed by atoms with Gasteiger partial charge >= 0.3 is 0 Å². The number of nitrogens with one attached hydrogen (secondary N) is 1. The van der Waals surface area contributed by atoms with E-state index in [9.17, 15) is 0 Å². The zero-order valence-electron chi connectivity index (χ0n) is 15.2. The molecular formula is C23H15ClN4S. The third kappa shape index (κ3) is 3.14. The van der Waals surface area contributed by atoms with Crippen LogP contribution in [-0.4, -0.2) is 21.1 Å². The first-order valence-corrected chi connectivity index (χ1v) is 9.88. The van der Waals surface area contributed by atoms with Crippen molar-refractivity contribution >= 4 is 51.6 Å². The van der Waals surface area contributed by atoms with Crippen molar-refractivity contribution in [2.24, 2.45) is 5.10 Å². The summed E-state index contributed by atoms with van der Waals surface area (Å²) in [7, 11) is 0. The maximum absolute atomic E-state index is 6.36. The summed E-state index contributed by atoms with van der Waals surface area (Å²) in [6.45, 7) is 0. The van der Waals surface area contributed by atoms with Crippen molar-refractivity contribution in [1.29, 1.82) is 0 Å². The Labute approximate surface area is 177 Å². The maximum Gasteiger partial charge on any atom is 0.216 e. The van der Waals surface area contributed by atoms with Crippen molar-refractivity contribution < 1.29 is 0 Å². The number of rotatable bonds is 3. The van der Waals surface area contributed by atoms with Crippen LogP contribution in [0.2, 0.25) is 5.02 Å². The highest BCUT2D eigenvalue weighted by atomic mass is 35.5. The van der Waals surface area contributed by atoms with Gasteiger partial charge in [-0.15, -0.1) is 0 Å². The highest BCUT2D eigenvalue weighted by Crippen LogP contribution is 2.28. The molecule has 1 aromatic heterocycles. The Morgan fingerprint density at radius 1 is 0.897 bits per heavy atom. The van der Waals surface area contributed by atoms with Crippen LogP contribution < -0.4 is 0 Å². The fourth-order valence-corrected chi connectivity index (χ4v) is 3.92. The van der Waals surface area contributed by atoms with Gasteiger partial charge in [-0.05, 0) is 52.0 Å². The van der Waals surface area contributed by atoms with E-state index >= 15 is 0 Å². The van der Waals surface area contributed by atoms with Gasteiger partial charge < -0.3 is 0 Å². The monoisotopic (exact) mass is 414 g/mol. The molecule has 1 N–H and O–H groups in total. The van der Waals surface area contributed by atoms with Gasteiger partial charge in [-0.25, -0.2) is 5.10 Å². The second-order valence-electron chi connectivity index (χ2n) is 6.62. The molecule has 140 valence electrons. The average Bonchev–Trinajstić information content (AvgIpc) is 3.11. The van der Waals surface area contributed by atoms with Gasteiger partial charge in [0.1, 0.15) is 0 Å². The van der Waals surface area contributed by atoms with Gasteiger partial charge in [0.15, 0.2) is 5.82 Å². The number of fused-ring (bicyclic) bond motifs is 2. The van der Waals surface area contributed by atoms with Crippen LogP contribution in [-0.2, 0) is 0 Å². The lowest BCUT2D eigenvalue weighted by Crippen LogP contribution is -1.96. The van der Waals surface area contributed by atoms with Crippen LogP contribution >= 0.6 is 23.8 Å². The topological polar surface area (TPSA) is 46.0 Å². The van der Waals surface area contributed by atoms with E-state index in [2.05, 4.69) is 45.6 Å². The fourth-order valence-electron chi connectivity index (χ4n) is 3.52. The molecule has 0 fully saturated rings. The second kappa shape index (κ2) is 7.28. The van der Waals surface area contributed by atoms with Crippen molar-refractivity contribution in [2.45, 2.75) is 0 Å². The molecule has 6 heteroatoms. The number of aromatic amines is 1. The van der Waals surface area contributed by atoms with E-state index in [4.69, 9.17) is 23.8 Å². The minimum atomic E-state index is 0.403. The summed E-state index contributed by atoms with van der Waals surface area (Å²) in [5, 5.41) is 17.0. The largest absolute Gasteiger partial charge is 0.250 e. The molecule has 5 aromatic rings. The van der Waals surface area contributed by atoms with E-state index < -0.39 is 0 Å². The van der Waals surface area contributed by atoms with Crippen molar-refractivity contribution in [2.75, 3.05) is 0 Å². The number of hydrogen-bond acceptors (Lipinski definition) is 3. The number of hydrogen-bond donors (Lipinski definition) is 1. The molecule has 4 nitrogen and oxygen atoms in total. The van der Waals surface area contributed by atoms with Gasteiger partial charge in [0.05, 0.1) is 11.2 Å².